The van der Waals surface area contributed by atoms with E-state index in [1.54, 1.807) is 18.2 Å². The van der Waals surface area contributed by atoms with Crippen LogP contribution in [0.2, 0.25) is 5.02 Å². The summed E-state index contributed by atoms with van der Waals surface area (Å²) < 4.78 is 27.6. The summed E-state index contributed by atoms with van der Waals surface area (Å²) in [5.74, 6) is 0.172. The molecule has 0 saturated heterocycles. The first-order valence-electron chi connectivity index (χ1n) is 9.56. The van der Waals surface area contributed by atoms with Crippen molar-refractivity contribution in [3.05, 3.63) is 64.6 Å². The second-order valence-corrected chi connectivity index (χ2v) is 9.86. The molecule has 2 aromatic carbocycles. The van der Waals surface area contributed by atoms with Crippen molar-refractivity contribution in [2.24, 2.45) is 4.99 Å². The molecule has 1 aromatic heterocycles. The van der Waals surface area contributed by atoms with E-state index in [2.05, 4.69) is 20.0 Å². The van der Waals surface area contributed by atoms with Crippen LogP contribution in [0.5, 0.6) is 0 Å². The van der Waals surface area contributed by atoms with Crippen molar-refractivity contribution in [1.82, 2.24) is 9.71 Å². The predicted octanol–water partition coefficient (Wildman–Crippen LogP) is 4.12. The summed E-state index contributed by atoms with van der Waals surface area (Å²) in [7, 11) is -3.75. The average molecular weight is 475 g/mol. The second kappa shape index (κ2) is 9.17. The highest BCUT2D eigenvalue weighted by atomic mass is 35.5. The Morgan fingerprint density at radius 2 is 2.00 bits per heavy atom. The molecule has 1 aliphatic rings. The standard InChI is InChI=1S/C21H19ClN4O3S2/c22-18-8-2-1-7-17(18)21-25-15(13-30-21)12-20(27)24-14-5-3-6-16(11-14)31(28,29)26-19-9-4-10-23-19/h1-3,5-8,11,13H,4,9-10,12H2,(H,23,26)(H,24,27). The maximum atomic E-state index is 12.6. The van der Waals surface area contributed by atoms with Gasteiger partial charge in [-0.05, 0) is 30.7 Å². The van der Waals surface area contributed by atoms with Gasteiger partial charge in [0.25, 0.3) is 10.0 Å². The van der Waals surface area contributed by atoms with Gasteiger partial charge in [-0.3, -0.25) is 14.5 Å². The van der Waals surface area contributed by atoms with Crippen molar-refractivity contribution in [2.75, 3.05) is 11.9 Å². The first kappa shape index (κ1) is 21.5. The quantitative estimate of drug-likeness (QED) is 0.561. The molecule has 10 heteroatoms. The van der Waals surface area contributed by atoms with Gasteiger partial charge in [-0.15, -0.1) is 11.3 Å². The van der Waals surface area contributed by atoms with Crippen molar-refractivity contribution in [3.63, 3.8) is 0 Å². The third-order valence-electron chi connectivity index (χ3n) is 4.55. The van der Waals surface area contributed by atoms with Gasteiger partial charge in [0.1, 0.15) is 10.8 Å². The summed E-state index contributed by atoms with van der Waals surface area (Å²) in [6.45, 7) is 0.628. The van der Waals surface area contributed by atoms with Crippen LogP contribution in [0.25, 0.3) is 10.6 Å². The Hall–Kier alpha value is -2.75. The van der Waals surface area contributed by atoms with Gasteiger partial charge in [-0.1, -0.05) is 35.9 Å². The first-order chi connectivity index (χ1) is 14.9. The van der Waals surface area contributed by atoms with E-state index in [0.717, 1.165) is 17.0 Å². The number of hydrogen-bond donors (Lipinski definition) is 2. The number of benzene rings is 2. The summed E-state index contributed by atoms with van der Waals surface area (Å²) >= 11 is 7.62. The number of hydrogen-bond acceptors (Lipinski definition) is 6. The minimum atomic E-state index is -3.75. The van der Waals surface area contributed by atoms with E-state index in [1.165, 1.54) is 23.5 Å². The predicted molar refractivity (Wildman–Crippen MR) is 123 cm³/mol. The number of rotatable bonds is 6. The van der Waals surface area contributed by atoms with Gasteiger partial charge in [0.05, 0.1) is 22.0 Å². The molecule has 0 aliphatic carbocycles. The number of aromatic nitrogens is 1. The fourth-order valence-electron chi connectivity index (χ4n) is 3.09. The third-order valence-corrected chi connectivity index (χ3v) is 7.19. The Labute approximate surface area is 189 Å². The Morgan fingerprint density at radius 1 is 1.16 bits per heavy atom. The van der Waals surface area contributed by atoms with Gasteiger partial charge in [-0.2, -0.15) is 0 Å². The van der Waals surface area contributed by atoms with Crippen LogP contribution in [0.4, 0.5) is 5.69 Å². The number of halogens is 1. The average Bonchev–Trinajstić information content (AvgIpc) is 3.40. The summed E-state index contributed by atoms with van der Waals surface area (Å²) in [6, 6.07) is 13.5. The van der Waals surface area contributed by atoms with Gasteiger partial charge in [0.15, 0.2) is 0 Å². The van der Waals surface area contributed by atoms with E-state index in [0.29, 0.717) is 35.2 Å². The number of aliphatic imine (C=N–C) groups is 1. The van der Waals surface area contributed by atoms with Crippen LogP contribution < -0.4 is 10.0 Å². The zero-order valence-corrected chi connectivity index (χ0v) is 18.7. The van der Waals surface area contributed by atoms with E-state index in [-0.39, 0.29) is 17.2 Å². The normalized spacial score (nSPS) is 13.6. The molecule has 0 spiro atoms. The van der Waals surface area contributed by atoms with Gasteiger partial charge in [0, 0.05) is 29.6 Å². The zero-order valence-electron chi connectivity index (χ0n) is 16.3. The summed E-state index contributed by atoms with van der Waals surface area (Å²) in [6.07, 6.45) is 1.51. The highest BCUT2D eigenvalue weighted by molar-refractivity contribution is 7.90. The van der Waals surface area contributed by atoms with Gasteiger partial charge < -0.3 is 5.32 Å². The van der Waals surface area contributed by atoms with Crippen LogP contribution in [0.15, 0.2) is 63.8 Å². The van der Waals surface area contributed by atoms with Crippen LogP contribution in [-0.2, 0) is 21.2 Å². The molecule has 0 atom stereocenters. The number of anilines is 1. The van der Waals surface area contributed by atoms with Crippen LogP contribution in [-0.4, -0.2) is 31.7 Å². The number of nitrogens with zero attached hydrogens (tertiary/aromatic N) is 2. The largest absolute Gasteiger partial charge is 0.326 e. The molecule has 1 amide bonds. The number of amidine groups is 1. The second-order valence-electron chi connectivity index (χ2n) is 6.91. The number of amides is 1. The lowest BCUT2D eigenvalue weighted by Gasteiger charge is -2.10. The van der Waals surface area contributed by atoms with E-state index in [9.17, 15) is 13.2 Å². The molecule has 7 nitrogen and oxygen atoms in total. The summed E-state index contributed by atoms with van der Waals surface area (Å²) in [5, 5.41) is 5.88. The Bertz CT molecular complexity index is 1250. The monoisotopic (exact) mass is 474 g/mol. The molecule has 0 radical (unpaired) electrons. The molecule has 160 valence electrons. The van der Waals surface area contributed by atoms with Crippen molar-refractivity contribution >= 4 is 50.4 Å². The number of sulfonamides is 1. The van der Waals surface area contributed by atoms with Gasteiger partial charge in [0.2, 0.25) is 5.91 Å². The number of nitrogens with one attached hydrogen (secondary N) is 2. The molecule has 0 bridgehead atoms. The molecule has 0 fully saturated rings. The Balaban J connectivity index is 1.42. The molecule has 2 heterocycles. The fraction of sp³-hybridized carbons (Fsp3) is 0.190. The molecular weight excluding hydrogens is 456 g/mol. The van der Waals surface area contributed by atoms with E-state index in [1.807, 2.05) is 23.6 Å². The van der Waals surface area contributed by atoms with E-state index in [4.69, 9.17) is 11.6 Å². The van der Waals surface area contributed by atoms with Crippen molar-refractivity contribution in [3.8, 4) is 10.6 Å². The fourth-order valence-corrected chi connectivity index (χ4v) is 5.37. The number of carbonyl (C=O) groups is 1. The molecule has 2 N–H and O–H groups in total. The lowest BCUT2D eigenvalue weighted by atomic mass is 10.2. The van der Waals surface area contributed by atoms with E-state index < -0.39 is 10.0 Å². The SMILES string of the molecule is O=C(Cc1csc(-c2ccccc2Cl)n1)Nc1cccc(S(=O)(=O)NC2=NCCC2)c1. The Morgan fingerprint density at radius 3 is 2.77 bits per heavy atom. The highest BCUT2D eigenvalue weighted by Gasteiger charge is 2.19. The Kier molecular flexibility index (Phi) is 6.35. The maximum Gasteiger partial charge on any atom is 0.262 e. The lowest BCUT2D eigenvalue weighted by Crippen LogP contribution is -2.29. The smallest absolute Gasteiger partial charge is 0.262 e. The van der Waals surface area contributed by atoms with Crippen molar-refractivity contribution in [1.29, 1.82) is 0 Å². The topological polar surface area (TPSA) is 101 Å². The zero-order chi connectivity index (χ0) is 21.8. The number of thiazole rings is 1. The van der Waals surface area contributed by atoms with Crippen molar-refractivity contribution < 1.29 is 13.2 Å². The molecule has 0 saturated carbocycles. The molecular formula is C21H19ClN4O3S2. The lowest BCUT2D eigenvalue weighted by molar-refractivity contribution is -0.115. The summed E-state index contributed by atoms with van der Waals surface area (Å²) in [4.78, 5) is 21.2. The van der Waals surface area contributed by atoms with E-state index >= 15 is 0 Å². The minimum Gasteiger partial charge on any atom is -0.326 e. The number of carbonyl (C=O) groups excluding carboxylic acids is 1. The highest BCUT2D eigenvalue weighted by Crippen LogP contribution is 2.30. The van der Waals surface area contributed by atoms with Crippen LogP contribution in [0, 0.1) is 0 Å². The molecule has 3 aromatic rings. The van der Waals surface area contributed by atoms with Crippen LogP contribution in [0.3, 0.4) is 0 Å². The van der Waals surface area contributed by atoms with Crippen LogP contribution in [0.1, 0.15) is 18.5 Å². The van der Waals surface area contributed by atoms with Crippen LogP contribution >= 0.6 is 22.9 Å². The molecule has 31 heavy (non-hydrogen) atoms. The maximum absolute atomic E-state index is 12.6. The first-order valence-corrected chi connectivity index (χ1v) is 12.3. The third kappa shape index (κ3) is 5.30. The molecule has 4 rings (SSSR count). The van der Waals surface area contributed by atoms with Gasteiger partial charge >= 0.3 is 0 Å². The van der Waals surface area contributed by atoms with Crippen molar-refractivity contribution in [2.45, 2.75) is 24.2 Å². The molecule has 0 unspecified atom stereocenters. The summed E-state index contributed by atoms with van der Waals surface area (Å²) in [5.41, 5.74) is 1.82. The van der Waals surface area contributed by atoms with Gasteiger partial charge in [-0.25, -0.2) is 13.4 Å². The minimum absolute atomic E-state index is 0.0625. The molecule has 1 aliphatic heterocycles.